The lowest BCUT2D eigenvalue weighted by molar-refractivity contribution is 0.222. The van der Waals surface area contributed by atoms with Crippen molar-refractivity contribution in [3.05, 3.63) is 45.9 Å². The van der Waals surface area contributed by atoms with Crippen molar-refractivity contribution < 1.29 is 4.74 Å². The van der Waals surface area contributed by atoms with Crippen LogP contribution in [0.4, 0.5) is 0 Å². The van der Waals surface area contributed by atoms with Gasteiger partial charge in [-0.1, -0.05) is 25.1 Å². The molecule has 1 unspecified atom stereocenters. The first-order valence-corrected chi connectivity index (χ1v) is 9.04. The maximum absolute atomic E-state index is 5.97. The summed E-state index contributed by atoms with van der Waals surface area (Å²) < 4.78 is 5.97. The van der Waals surface area contributed by atoms with Gasteiger partial charge < -0.3 is 15.4 Å². The Bertz CT molecular complexity index is 675. The van der Waals surface area contributed by atoms with Crippen LogP contribution < -0.4 is 15.4 Å². The van der Waals surface area contributed by atoms with Crippen LogP contribution in [0.15, 0.2) is 35.5 Å². The van der Waals surface area contributed by atoms with Gasteiger partial charge in [-0.05, 0) is 31.9 Å². The van der Waals surface area contributed by atoms with Crippen LogP contribution in [0.1, 0.15) is 29.3 Å². The fourth-order valence-electron chi connectivity index (χ4n) is 2.16. The molecule has 0 saturated carbocycles. The molecule has 0 bridgehead atoms. The van der Waals surface area contributed by atoms with Crippen molar-refractivity contribution >= 4 is 41.3 Å². The summed E-state index contributed by atoms with van der Waals surface area (Å²) in [7, 11) is 1.77. The molecule has 0 radical (unpaired) electrons. The van der Waals surface area contributed by atoms with Gasteiger partial charge in [-0.15, -0.1) is 35.3 Å². The van der Waals surface area contributed by atoms with Crippen LogP contribution >= 0.6 is 35.3 Å². The van der Waals surface area contributed by atoms with Crippen LogP contribution in [-0.4, -0.2) is 30.6 Å². The summed E-state index contributed by atoms with van der Waals surface area (Å²) in [6.45, 7) is 7.58. The van der Waals surface area contributed by atoms with Gasteiger partial charge in [-0.3, -0.25) is 4.99 Å². The summed E-state index contributed by atoms with van der Waals surface area (Å²) in [6, 6.07) is 8.04. The van der Waals surface area contributed by atoms with Gasteiger partial charge >= 0.3 is 0 Å². The number of guanidine groups is 1. The number of aromatic nitrogens is 1. The Balaban J connectivity index is 0.00000312. The highest BCUT2D eigenvalue weighted by atomic mass is 127. The van der Waals surface area contributed by atoms with Gasteiger partial charge in [0.15, 0.2) is 5.96 Å². The highest BCUT2D eigenvalue weighted by Crippen LogP contribution is 2.17. The summed E-state index contributed by atoms with van der Waals surface area (Å²) in [4.78, 5) is 9.95. The number of halogens is 1. The van der Waals surface area contributed by atoms with Gasteiger partial charge in [0, 0.05) is 18.1 Å². The average molecular weight is 474 g/mol. The minimum absolute atomic E-state index is 0. The van der Waals surface area contributed by atoms with E-state index in [0.717, 1.165) is 28.7 Å². The van der Waals surface area contributed by atoms with Crippen molar-refractivity contribution in [3.8, 4) is 5.75 Å². The Hall–Kier alpha value is -1.35. The number of benzene rings is 1. The second-order valence-electron chi connectivity index (χ2n) is 5.57. The summed E-state index contributed by atoms with van der Waals surface area (Å²) in [6.07, 6.45) is 3.00. The standard InChI is InChI=1S/C18H26N4OS.HI/c1-5-15-11-20-17(24-15)12-22-18(19-4)21-10-14(3)23-16-9-7-6-8-13(16)2;/h6-9,11,14H,5,10,12H2,1-4H3,(H2,19,21,22);1H. The Morgan fingerprint density at radius 1 is 1.32 bits per heavy atom. The van der Waals surface area contributed by atoms with E-state index >= 15 is 0 Å². The van der Waals surface area contributed by atoms with E-state index in [1.54, 1.807) is 18.4 Å². The van der Waals surface area contributed by atoms with E-state index in [1.165, 1.54) is 4.88 Å². The zero-order valence-electron chi connectivity index (χ0n) is 15.2. The molecule has 0 amide bonds. The van der Waals surface area contributed by atoms with Gasteiger partial charge in [0.2, 0.25) is 0 Å². The fraction of sp³-hybridized carbons (Fsp3) is 0.444. The molecule has 2 aromatic rings. The SMILES string of the molecule is CCc1cnc(CNC(=NC)NCC(C)Oc2ccccc2C)s1.I. The minimum Gasteiger partial charge on any atom is -0.489 e. The van der Waals surface area contributed by atoms with E-state index in [4.69, 9.17) is 4.74 Å². The summed E-state index contributed by atoms with van der Waals surface area (Å²) >= 11 is 1.73. The number of aliphatic imine (C=N–C) groups is 1. The van der Waals surface area contributed by atoms with E-state index in [9.17, 15) is 0 Å². The second kappa shape index (κ2) is 11.3. The Labute approximate surface area is 171 Å². The third-order valence-electron chi connectivity index (χ3n) is 3.56. The highest BCUT2D eigenvalue weighted by molar-refractivity contribution is 14.0. The lowest BCUT2D eigenvalue weighted by Crippen LogP contribution is -2.41. The Kier molecular flexibility index (Phi) is 9.81. The molecule has 0 aliphatic carbocycles. The smallest absolute Gasteiger partial charge is 0.191 e. The first kappa shape index (κ1) is 21.7. The number of rotatable bonds is 7. The molecular weight excluding hydrogens is 447 g/mol. The Morgan fingerprint density at radius 2 is 2.08 bits per heavy atom. The highest BCUT2D eigenvalue weighted by Gasteiger charge is 2.08. The summed E-state index contributed by atoms with van der Waals surface area (Å²) in [5.74, 6) is 1.67. The molecule has 0 fully saturated rings. The number of para-hydroxylation sites is 1. The third kappa shape index (κ3) is 7.19. The molecule has 1 heterocycles. The largest absolute Gasteiger partial charge is 0.489 e. The number of nitrogens with one attached hydrogen (secondary N) is 2. The van der Waals surface area contributed by atoms with Gasteiger partial charge in [-0.2, -0.15) is 0 Å². The lowest BCUT2D eigenvalue weighted by atomic mass is 10.2. The van der Waals surface area contributed by atoms with Crippen molar-refractivity contribution in [1.82, 2.24) is 15.6 Å². The van der Waals surface area contributed by atoms with Crippen LogP contribution in [-0.2, 0) is 13.0 Å². The molecule has 25 heavy (non-hydrogen) atoms. The molecule has 2 N–H and O–H groups in total. The number of thiazole rings is 1. The van der Waals surface area contributed by atoms with Crippen molar-refractivity contribution in [2.45, 2.75) is 39.8 Å². The van der Waals surface area contributed by atoms with Gasteiger partial charge in [0.05, 0.1) is 13.1 Å². The predicted molar refractivity (Wildman–Crippen MR) is 116 cm³/mol. The van der Waals surface area contributed by atoms with E-state index in [2.05, 4.69) is 40.5 Å². The molecule has 0 aliphatic heterocycles. The van der Waals surface area contributed by atoms with Crippen molar-refractivity contribution in [3.63, 3.8) is 0 Å². The van der Waals surface area contributed by atoms with E-state index in [-0.39, 0.29) is 30.1 Å². The monoisotopic (exact) mass is 474 g/mol. The minimum atomic E-state index is 0. The van der Waals surface area contributed by atoms with Crippen molar-refractivity contribution in [2.24, 2.45) is 4.99 Å². The zero-order valence-corrected chi connectivity index (χ0v) is 18.4. The van der Waals surface area contributed by atoms with Crippen LogP contribution in [0, 0.1) is 6.92 Å². The number of ether oxygens (including phenoxy) is 1. The number of nitrogens with zero attached hydrogens (tertiary/aromatic N) is 2. The normalized spacial score (nSPS) is 12.2. The molecule has 1 aromatic carbocycles. The number of hydrogen-bond donors (Lipinski definition) is 2. The first-order valence-electron chi connectivity index (χ1n) is 8.22. The van der Waals surface area contributed by atoms with E-state index in [0.29, 0.717) is 13.1 Å². The zero-order chi connectivity index (χ0) is 17.4. The molecule has 5 nitrogen and oxygen atoms in total. The van der Waals surface area contributed by atoms with Gasteiger partial charge in [0.1, 0.15) is 16.9 Å². The fourth-order valence-corrected chi connectivity index (χ4v) is 2.96. The predicted octanol–water partition coefficient (Wildman–Crippen LogP) is 3.76. The topological polar surface area (TPSA) is 58.5 Å². The quantitative estimate of drug-likeness (QED) is 0.365. The average Bonchev–Trinajstić information content (AvgIpc) is 3.05. The Morgan fingerprint density at radius 3 is 2.72 bits per heavy atom. The van der Waals surface area contributed by atoms with Gasteiger partial charge in [0.25, 0.3) is 0 Å². The summed E-state index contributed by atoms with van der Waals surface area (Å²) in [5, 5.41) is 7.64. The van der Waals surface area contributed by atoms with E-state index in [1.807, 2.05) is 31.3 Å². The lowest BCUT2D eigenvalue weighted by Gasteiger charge is -2.18. The van der Waals surface area contributed by atoms with Crippen molar-refractivity contribution in [2.75, 3.05) is 13.6 Å². The van der Waals surface area contributed by atoms with Crippen LogP contribution in [0.25, 0.3) is 0 Å². The van der Waals surface area contributed by atoms with Gasteiger partial charge in [-0.25, -0.2) is 4.98 Å². The maximum atomic E-state index is 5.97. The van der Waals surface area contributed by atoms with Crippen LogP contribution in [0.5, 0.6) is 5.75 Å². The number of aryl methyl sites for hydroxylation is 2. The van der Waals surface area contributed by atoms with Crippen LogP contribution in [0.2, 0.25) is 0 Å². The molecule has 0 spiro atoms. The first-order chi connectivity index (χ1) is 11.6. The molecule has 138 valence electrons. The molecular formula is C18H27IN4OS. The molecule has 0 saturated heterocycles. The molecule has 0 aliphatic rings. The van der Waals surface area contributed by atoms with E-state index < -0.39 is 0 Å². The summed E-state index contributed by atoms with van der Waals surface area (Å²) in [5.41, 5.74) is 1.14. The molecule has 7 heteroatoms. The third-order valence-corrected chi connectivity index (χ3v) is 4.70. The number of hydrogen-bond acceptors (Lipinski definition) is 4. The molecule has 1 atom stereocenters. The maximum Gasteiger partial charge on any atom is 0.191 e. The molecule has 1 aromatic heterocycles. The molecule has 2 rings (SSSR count). The van der Waals surface area contributed by atoms with Crippen LogP contribution in [0.3, 0.4) is 0 Å². The van der Waals surface area contributed by atoms with Crippen molar-refractivity contribution in [1.29, 1.82) is 0 Å². The second-order valence-corrected chi connectivity index (χ2v) is 6.77.